The van der Waals surface area contributed by atoms with Crippen LogP contribution in [0.3, 0.4) is 0 Å². The number of amides is 3. The van der Waals surface area contributed by atoms with Crippen LogP contribution < -0.4 is 10.6 Å². The number of urea groups is 1. The van der Waals surface area contributed by atoms with Gasteiger partial charge in [-0.3, -0.25) is 9.69 Å². The first-order valence-corrected chi connectivity index (χ1v) is 10.3. The summed E-state index contributed by atoms with van der Waals surface area (Å²) < 4.78 is 0. The van der Waals surface area contributed by atoms with Crippen molar-refractivity contribution >= 4 is 28.4 Å². The van der Waals surface area contributed by atoms with Crippen LogP contribution in [-0.4, -0.2) is 58.9 Å². The maximum Gasteiger partial charge on any atom is 0.318 e. The fraction of sp³-hybridized carbons (Fsp3) is 0.450. The molecule has 0 radical (unpaired) electrons. The topological polar surface area (TPSA) is 77.6 Å². The average molecular weight is 402 g/mol. The molecule has 1 aromatic carbocycles. The maximum absolute atomic E-state index is 12.5. The van der Waals surface area contributed by atoms with Crippen molar-refractivity contribution in [2.45, 2.75) is 33.4 Å². The zero-order valence-electron chi connectivity index (χ0n) is 16.6. The van der Waals surface area contributed by atoms with E-state index in [1.54, 1.807) is 11.8 Å². The number of benzene rings is 1. The number of thiazole rings is 1. The second kappa shape index (κ2) is 9.16. The van der Waals surface area contributed by atoms with Crippen molar-refractivity contribution in [2.75, 3.05) is 31.5 Å². The largest absolute Gasteiger partial charge is 0.326 e. The minimum Gasteiger partial charge on any atom is -0.326 e. The molecule has 1 aliphatic rings. The number of aromatic nitrogens is 1. The fourth-order valence-electron chi connectivity index (χ4n) is 3.03. The summed E-state index contributed by atoms with van der Waals surface area (Å²) in [6.07, 6.45) is 0. The van der Waals surface area contributed by atoms with Crippen LogP contribution in [-0.2, 0) is 11.3 Å². The van der Waals surface area contributed by atoms with Crippen LogP contribution in [0.4, 0.5) is 9.93 Å². The summed E-state index contributed by atoms with van der Waals surface area (Å²) in [4.78, 5) is 34.3. The molecule has 3 rings (SSSR count). The van der Waals surface area contributed by atoms with Gasteiger partial charge in [0.2, 0.25) is 5.91 Å². The predicted molar refractivity (Wildman–Crippen MR) is 112 cm³/mol. The zero-order chi connectivity index (χ0) is 20.1. The number of anilines is 1. The molecule has 28 heavy (non-hydrogen) atoms. The van der Waals surface area contributed by atoms with E-state index < -0.39 is 6.04 Å². The third-order valence-corrected chi connectivity index (χ3v) is 5.89. The van der Waals surface area contributed by atoms with Crippen molar-refractivity contribution in [3.05, 3.63) is 46.5 Å². The lowest BCUT2D eigenvalue weighted by molar-refractivity contribution is -0.117. The Balaban J connectivity index is 1.43. The van der Waals surface area contributed by atoms with Gasteiger partial charge >= 0.3 is 6.03 Å². The Morgan fingerprint density at radius 1 is 1.14 bits per heavy atom. The molecule has 1 fully saturated rings. The molecule has 1 aromatic heterocycles. The first-order valence-electron chi connectivity index (χ1n) is 9.49. The summed E-state index contributed by atoms with van der Waals surface area (Å²) in [5, 5.41) is 6.13. The second-order valence-corrected chi connectivity index (χ2v) is 8.27. The molecule has 1 aliphatic heterocycles. The van der Waals surface area contributed by atoms with Gasteiger partial charge in [-0.2, -0.15) is 0 Å². The van der Waals surface area contributed by atoms with Crippen LogP contribution in [0.1, 0.15) is 23.1 Å². The summed E-state index contributed by atoms with van der Waals surface area (Å²) in [5.74, 6) is -0.259. The van der Waals surface area contributed by atoms with Crippen LogP contribution in [0.5, 0.6) is 0 Å². The van der Waals surface area contributed by atoms with Gasteiger partial charge in [0, 0.05) is 37.6 Å². The molecule has 2 aromatic rings. The highest BCUT2D eigenvalue weighted by Gasteiger charge is 2.24. The summed E-state index contributed by atoms with van der Waals surface area (Å²) in [7, 11) is 0. The molecule has 150 valence electrons. The van der Waals surface area contributed by atoms with Crippen molar-refractivity contribution in [2.24, 2.45) is 0 Å². The zero-order valence-corrected chi connectivity index (χ0v) is 17.4. The van der Waals surface area contributed by atoms with Crippen LogP contribution in [0.2, 0.25) is 0 Å². The van der Waals surface area contributed by atoms with E-state index >= 15 is 0 Å². The van der Waals surface area contributed by atoms with E-state index in [-0.39, 0.29) is 11.9 Å². The van der Waals surface area contributed by atoms with Gasteiger partial charge in [-0.05, 0) is 26.3 Å². The molecule has 0 aliphatic carbocycles. The Hall–Kier alpha value is -2.45. The Kier molecular flexibility index (Phi) is 6.64. The molecule has 8 heteroatoms. The van der Waals surface area contributed by atoms with Crippen LogP contribution in [0, 0.1) is 13.8 Å². The van der Waals surface area contributed by atoms with Crippen molar-refractivity contribution in [1.29, 1.82) is 0 Å². The summed E-state index contributed by atoms with van der Waals surface area (Å²) >= 11 is 1.44. The summed E-state index contributed by atoms with van der Waals surface area (Å²) in [6, 6.07) is 9.50. The van der Waals surface area contributed by atoms with Crippen LogP contribution >= 0.6 is 11.3 Å². The van der Waals surface area contributed by atoms with Crippen molar-refractivity contribution in [1.82, 2.24) is 20.1 Å². The normalized spacial score (nSPS) is 15.9. The highest BCUT2D eigenvalue weighted by molar-refractivity contribution is 7.15. The van der Waals surface area contributed by atoms with Gasteiger partial charge in [-0.15, -0.1) is 11.3 Å². The van der Waals surface area contributed by atoms with E-state index in [1.807, 2.05) is 32.0 Å². The van der Waals surface area contributed by atoms with E-state index in [9.17, 15) is 9.59 Å². The molecule has 0 saturated carbocycles. The Labute approximate surface area is 169 Å². The average Bonchev–Trinajstić information content (AvgIpc) is 3.00. The van der Waals surface area contributed by atoms with Crippen molar-refractivity contribution in [3.8, 4) is 0 Å². The third kappa shape index (κ3) is 5.30. The summed E-state index contributed by atoms with van der Waals surface area (Å²) in [6.45, 7) is 9.39. The Morgan fingerprint density at radius 2 is 1.82 bits per heavy atom. The van der Waals surface area contributed by atoms with E-state index in [1.165, 1.54) is 16.9 Å². The predicted octanol–water partition coefficient (Wildman–Crippen LogP) is 2.61. The number of rotatable bonds is 5. The molecular weight excluding hydrogens is 374 g/mol. The number of hydrogen-bond donors (Lipinski definition) is 2. The number of piperazine rings is 1. The Morgan fingerprint density at radius 3 is 2.43 bits per heavy atom. The van der Waals surface area contributed by atoms with Crippen LogP contribution in [0.15, 0.2) is 30.3 Å². The number of aryl methyl sites for hydroxylation is 2. The first kappa shape index (κ1) is 20.3. The van der Waals surface area contributed by atoms with Gasteiger partial charge in [-0.1, -0.05) is 30.3 Å². The number of hydrogen-bond acceptors (Lipinski definition) is 5. The SMILES string of the molecule is Cc1nc(NC(=O)[C@@H](C)NC(=O)N2CCN(Cc3ccccc3)CC2)sc1C. The maximum atomic E-state index is 12.5. The highest BCUT2D eigenvalue weighted by atomic mass is 32.1. The quantitative estimate of drug-likeness (QED) is 0.807. The van der Waals surface area contributed by atoms with Gasteiger partial charge in [0.1, 0.15) is 6.04 Å². The lowest BCUT2D eigenvalue weighted by Gasteiger charge is -2.35. The van der Waals surface area contributed by atoms with E-state index in [2.05, 4.69) is 32.7 Å². The Bertz CT molecular complexity index is 796. The molecule has 1 saturated heterocycles. The molecule has 1 atom stereocenters. The molecule has 7 nitrogen and oxygen atoms in total. The summed E-state index contributed by atoms with van der Waals surface area (Å²) in [5.41, 5.74) is 2.18. The fourth-order valence-corrected chi connectivity index (χ4v) is 3.85. The van der Waals surface area contributed by atoms with E-state index in [0.717, 1.165) is 30.2 Å². The molecular formula is C20H27N5O2S. The van der Waals surface area contributed by atoms with Crippen molar-refractivity contribution < 1.29 is 9.59 Å². The number of nitrogens with one attached hydrogen (secondary N) is 2. The molecule has 3 amide bonds. The molecule has 2 N–H and O–H groups in total. The van der Waals surface area contributed by atoms with E-state index in [4.69, 9.17) is 0 Å². The highest BCUT2D eigenvalue weighted by Crippen LogP contribution is 2.21. The van der Waals surface area contributed by atoms with Gasteiger partial charge in [0.05, 0.1) is 5.69 Å². The van der Waals surface area contributed by atoms with Crippen LogP contribution in [0.25, 0.3) is 0 Å². The molecule has 0 spiro atoms. The van der Waals surface area contributed by atoms with Gasteiger partial charge in [-0.25, -0.2) is 9.78 Å². The standard InChI is InChI=1S/C20H27N5O2S/c1-14-16(3)28-19(21-14)23-18(26)15(2)22-20(27)25-11-9-24(10-12-25)13-17-7-5-4-6-8-17/h4-8,15H,9-13H2,1-3H3,(H,22,27)(H,21,23,26)/t15-/m1/s1. The molecule has 0 bridgehead atoms. The van der Waals surface area contributed by atoms with Gasteiger partial charge < -0.3 is 15.5 Å². The van der Waals surface area contributed by atoms with Gasteiger partial charge in [0.25, 0.3) is 0 Å². The first-order chi connectivity index (χ1) is 13.4. The lowest BCUT2D eigenvalue weighted by Crippen LogP contribution is -2.54. The number of nitrogens with zero attached hydrogens (tertiary/aromatic N) is 3. The lowest BCUT2D eigenvalue weighted by atomic mass is 10.2. The number of carbonyl (C=O) groups is 2. The molecule has 2 heterocycles. The smallest absolute Gasteiger partial charge is 0.318 e. The number of carbonyl (C=O) groups excluding carboxylic acids is 2. The monoisotopic (exact) mass is 401 g/mol. The third-order valence-electron chi connectivity index (χ3n) is 4.90. The minimum absolute atomic E-state index is 0.200. The van der Waals surface area contributed by atoms with Crippen molar-refractivity contribution in [3.63, 3.8) is 0 Å². The minimum atomic E-state index is -0.626. The second-order valence-electron chi connectivity index (χ2n) is 7.07. The molecule has 0 unspecified atom stereocenters. The van der Waals surface area contributed by atoms with Gasteiger partial charge in [0.15, 0.2) is 5.13 Å². The van der Waals surface area contributed by atoms with E-state index in [0.29, 0.717) is 18.2 Å².